The summed E-state index contributed by atoms with van der Waals surface area (Å²) in [5, 5.41) is 14.5. The van der Waals surface area contributed by atoms with Gasteiger partial charge in [0.25, 0.3) is 0 Å². The summed E-state index contributed by atoms with van der Waals surface area (Å²) < 4.78 is 5.05. The van der Waals surface area contributed by atoms with Gasteiger partial charge in [-0.1, -0.05) is 5.16 Å². The van der Waals surface area contributed by atoms with E-state index in [2.05, 4.69) is 44.4 Å². The monoisotopic (exact) mass is 262 g/mol. The van der Waals surface area contributed by atoms with Crippen molar-refractivity contribution >= 4 is 5.95 Å². The van der Waals surface area contributed by atoms with Crippen LogP contribution in [0.1, 0.15) is 19.6 Å². The van der Waals surface area contributed by atoms with Gasteiger partial charge >= 0.3 is 0 Å². The highest BCUT2D eigenvalue weighted by atomic mass is 16.5. The summed E-state index contributed by atoms with van der Waals surface area (Å²) >= 11 is 0. The lowest BCUT2D eigenvalue weighted by Crippen LogP contribution is -2.54. The van der Waals surface area contributed by atoms with E-state index in [0.717, 1.165) is 30.4 Å². The molecule has 2 N–H and O–H groups in total. The number of aromatic amines is 1. The first-order valence-corrected chi connectivity index (χ1v) is 6.48. The second kappa shape index (κ2) is 4.65. The standard InChI is InChI=1S/C12H18N6O/c1-7-5-18(6-8(2)14-7)12-15-11(16-17-12)10-4-13-19-9(10)3/h4,7-8,14H,5-6H2,1-3H3,(H,15,16,17). The molecule has 2 aromatic rings. The summed E-state index contributed by atoms with van der Waals surface area (Å²) in [6, 6.07) is 0.867. The van der Waals surface area contributed by atoms with Gasteiger partial charge in [0.2, 0.25) is 5.95 Å². The molecule has 1 aliphatic heterocycles. The summed E-state index contributed by atoms with van der Waals surface area (Å²) in [4.78, 5) is 6.73. The molecule has 0 bridgehead atoms. The second-order valence-electron chi connectivity index (χ2n) is 5.15. The van der Waals surface area contributed by atoms with Gasteiger partial charge in [0.05, 0.1) is 11.8 Å². The molecule has 1 aliphatic rings. The zero-order chi connectivity index (χ0) is 13.4. The van der Waals surface area contributed by atoms with E-state index in [1.807, 2.05) is 6.92 Å². The Balaban J connectivity index is 1.83. The molecule has 2 aromatic heterocycles. The fraction of sp³-hybridized carbons (Fsp3) is 0.583. The van der Waals surface area contributed by atoms with Crippen molar-refractivity contribution in [3.63, 3.8) is 0 Å². The van der Waals surface area contributed by atoms with Crippen LogP contribution in [-0.2, 0) is 0 Å². The van der Waals surface area contributed by atoms with Crippen molar-refractivity contribution < 1.29 is 4.52 Å². The van der Waals surface area contributed by atoms with Crippen LogP contribution in [0.4, 0.5) is 5.95 Å². The minimum absolute atomic E-state index is 0.433. The van der Waals surface area contributed by atoms with E-state index in [9.17, 15) is 0 Å². The Morgan fingerprint density at radius 3 is 2.68 bits per heavy atom. The highest BCUT2D eigenvalue weighted by Crippen LogP contribution is 2.21. The first-order chi connectivity index (χ1) is 9.13. The Hall–Kier alpha value is -1.89. The van der Waals surface area contributed by atoms with E-state index < -0.39 is 0 Å². The third kappa shape index (κ3) is 2.33. The number of H-pyrrole nitrogens is 1. The van der Waals surface area contributed by atoms with Gasteiger partial charge in [0.15, 0.2) is 5.82 Å². The Kier molecular flexibility index (Phi) is 2.98. The number of rotatable bonds is 2. The molecule has 0 amide bonds. The van der Waals surface area contributed by atoms with Crippen molar-refractivity contribution in [2.45, 2.75) is 32.9 Å². The maximum atomic E-state index is 5.05. The van der Waals surface area contributed by atoms with Crippen LogP contribution in [0.5, 0.6) is 0 Å². The Bertz CT molecular complexity index is 552. The molecule has 19 heavy (non-hydrogen) atoms. The lowest BCUT2D eigenvalue weighted by Gasteiger charge is -2.35. The van der Waals surface area contributed by atoms with E-state index in [-0.39, 0.29) is 0 Å². The normalized spacial score (nSPS) is 23.8. The molecule has 1 saturated heterocycles. The number of aryl methyl sites for hydroxylation is 1. The second-order valence-corrected chi connectivity index (χ2v) is 5.15. The van der Waals surface area contributed by atoms with Crippen molar-refractivity contribution in [2.24, 2.45) is 0 Å². The molecule has 0 saturated carbocycles. The van der Waals surface area contributed by atoms with Gasteiger partial charge in [0, 0.05) is 25.2 Å². The number of nitrogens with one attached hydrogen (secondary N) is 2. The molecule has 2 atom stereocenters. The van der Waals surface area contributed by atoms with Crippen molar-refractivity contribution in [1.82, 2.24) is 25.7 Å². The predicted molar refractivity (Wildman–Crippen MR) is 70.9 cm³/mol. The van der Waals surface area contributed by atoms with Crippen LogP contribution in [0.25, 0.3) is 11.4 Å². The van der Waals surface area contributed by atoms with Crippen LogP contribution in [0.3, 0.4) is 0 Å². The molecule has 3 heterocycles. The van der Waals surface area contributed by atoms with Crippen molar-refractivity contribution in [2.75, 3.05) is 18.0 Å². The number of aromatic nitrogens is 4. The van der Waals surface area contributed by atoms with E-state index >= 15 is 0 Å². The fourth-order valence-electron chi connectivity index (χ4n) is 2.53. The van der Waals surface area contributed by atoms with Crippen molar-refractivity contribution in [3.8, 4) is 11.4 Å². The third-order valence-corrected chi connectivity index (χ3v) is 3.32. The summed E-state index contributed by atoms with van der Waals surface area (Å²) in [6.45, 7) is 8.01. The van der Waals surface area contributed by atoms with Gasteiger partial charge in [-0.25, -0.2) is 0 Å². The smallest absolute Gasteiger partial charge is 0.245 e. The molecule has 2 unspecified atom stereocenters. The topological polar surface area (TPSA) is 82.9 Å². The van der Waals surface area contributed by atoms with Crippen LogP contribution in [0, 0.1) is 6.92 Å². The average Bonchev–Trinajstić information content (AvgIpc) is 2.95. The minimum Gasteiger partial charge on any atom is -0.361 e. The van der Waals surface area contributed by atoms with Gasteiger partial charge in [-0.05, 0) is 20.8 Å². The highest BCUT2D eigenvalue weighted by Gasteiger charge is 2.24. The fourth-order valence-corrected chi connectivity index (χ4v) is 2.53. The van der Waals surface area contributed by atoms with Crippen molar-refractivity contribution in [1.29, 1.82) is 0 Å². The molecule has 0 aliphatic carbocycles. The molecule has 1 fully saturated rings. The van der Waals surface area contributed by atoms with Gasteiger partial charge in [0.1, 0.15) is 5.76 Å². The summed E-state index contributed by atoms with van der Waals surface area (Å²) in [5.74, 6) is 2.17. The number of hydrogen-bond donors (Lipinski definition) is 2. The summed E-state index contributed by atoms with van der Waals surface area (Å²) in [5.41, 5.74) is 0.856. The molecular formula is C12H18N6O. The molecule has 0 aromatic carbocycles. The van der Waals surface area contributed by atoms with Crippen molar-refractivity contribution in [3.05, 3.63) is 12.0 Å². The molecule has 7 heteroatoms. The molecule has 0 spiro atoms. The molecule has 3 rings (SSSR count). The van der Waals surface area contributed by atoms with Gasteiger partial charge in [-0.3, -0.25) is 5.10 Å². The van der Waals surface area contributed by atoms with Crippen LogP contribution in [0.15, 0.2) is 10.7 Å². The SMILES string of the molecule is Cc1oncc1-c1nc(N2CC(C)NC(C)C2)n[nH]1. The van der Waals surface area contributed by atoms with Crippen LogP contribution in [-0.4, -0.2) is 45.5 Å². The first-order valence-electron chi connectivity index (χ1n) is 6.48. The maximum absolute atomic E-state index is 5.05. The van der Waals surface area contributed by atoms with E-state index in [0.29, 0.717) is 17.9 Å². The lowest BCUT2D eigenvalue weighted by molar-refractivity contribution is 0.398. The number of hydrogen-bond acceptors (Lipinski definition) is 6. The summed E-state index contributed by atoms with van der Waals surface area (Å²) in [7, 11) is 0. The van der Waals surface area contributed by atoms with Crippen LogP contribution >= 0.6 is 0 Å². The number of nitrogens with zero attached hydrogens (tertiary/aromatic N) is 4. The zero-order valence-electron chi connectivity index (χ0n) is 11.3. The molecule has 0 radical (unpaired) electrons. The molecule has 7 nitrogen and oxygen atoms in total. The molecule has 102 valence electrons. The average molecular weight is 262 g/mol. The third-order valence-electron chi connectivity index (χ3n) is 3.32. The quantitative estimate of drug-likeness (QED) is 0.838. The Labute approximate surface area is 111 Å². The largest absolute Gasteiger partial charge is 0.361 e. The lowest BCUT2D eigenvalue weighted by atomic mass is 10.1. The van der Waals surface area contributed by atoms with E-state index in [1.54, 1.807) is 6.20 Å². The van der Waals surface area contributed by atoms with Gasteiger partial charge in [-0.2, -0.15) is 4.98 Å². The van der Waals surface area contributed by atoms with E-state index in [1.165, 1.54) is 0 Å². The van der Waals surface area contributed by atoms with E-state index in [4.69, 9.17) is 4.52 Å². The minimum atomic E-state index is 0.433. The predicted octanol–water partition coefficient (Wildman–Crippen LogP) is 0.955. The Morgan fingerprint density at radius 1 is 1.32 bits per heavy atom. The van der Waals surface area contributed by atoms with Gasteiger partial charge in [-0.15, -0.1) is 5.10 Å². The number of anilines is 1. The van der Waals surface area contributed by atoms with Gasteiger partial charge < -0.3 is 14.7 Å². The maximum Gasteiger partial charge on any atom is 0.245 e. The molecular weight excluding hydrogens is 244 g/mol. The van der Waals surface area contributed by atoms with Crippen LogP contribution in [0.2, 0.25) is 0 Å². The highest BCUT2D eigenvalue weighted by molar-refractivity contribution is 5.57. The zero-order valence-corrected chi connectivity index (χ0v) is 11.3. The van der Waals surface area contributed by atoms with Crippen LogP contribution < -0.4 is 10.2 Å². The summed E-state index contributed by atoms with van der Waals surface area (Å²) in [6.07, 6.45) is 1.66. The Morgan fingerprint density at radius 2 is 2.05 bits per heavy atom. The first kappa shape index (κ1) is 12.2. The number of piperazine rings is 1.